The summed E-state index contributed by atoms with van der Waals surface area (Å²) in [4.78, 5) is 24.2. The van der Waals surface area contributed by atoms with Gasteiger partial charge in [-0.2, -0.15) is 0 Å². The largest absolute Gasteiger partial charge is 0.294 e. The minimum absolute atomic E-state index is 0.672. The van der Waals surface area contributed by atoms with Crippen LogP contribution in [0.15, 0.2) is 279 Å². The van der Waals surface area contributed by atoms with E-state index in [2.05, 4.69) is 297 Å². The average molecular weight is 1070 g/mol. The van der Waals surface area contributed by atoms with E-state index in [4.69, 9.17) is 19.9 Å². The minimum atomic E-state index is -1.03. The van der Waals surface area contributed by atoms with Crippen LogP contribution in [0.3, 0.4) is 0 Å². The minimum Gasteiger partial charge on any atom is -0.294 e. The molecule has 2 bridgehead atoms. The maximum absolute atomic E-state index is 6.04. The van der Waals surface area contributed by atoms with Gasteiger partial charge in [-0.1, -0.05) is 218 Å². The van der Waals surface area contributed by atoms with E-state index in [0.717, 1.165) is 144 Å². The number of aromatic nitrogens is 8. The van der Waals surface area contributed by atoms with Crippen LogP contribution >= 0.6 is 0 Å². The number of benzene rings is 11. The van der Waals surface area contributed by atoms with Gasteiger partial charge in [0.25, 0.3) is 0 Å². The van der Waals surface area contributed by atoms with E-state index in [1.807, 2.05) is 0 Å². The molecule has 0 saturated heterocycles. The average Bonchev–Trinajstić information content (AvgIpc) is 0.954. The van der Waals surface area contributed by atoms with E-state index < -0.39 is 10.8 Å². The molecule has 390 valence electrons. The second kappa shape index (κ2) is 16.7. The summed E-state index contributed by atoms with van der Waals surface area (Å²) >= 11 is 0. The summed E-state index contributed by atoms with van der Waals surface area (Å²) in [6.07, 6.45) is 0. The molecule has 3 aliphatic carbocycles. The van der Waals surface area contributed by atoms with Gasteiger partial charge < -0.3 is 0 Å². The van der Waals surface area contributed by atoms with Crippen molar-refractivity contribution in [3.63, 3.8) is 0 Å². The third-order valence-corrected chi connectivity index (χ3v) is 18.5. The lowest BCUT2D eigenvalue weighted by Gasteiger charge is -2.55. The lowest BCUT2D eigenvalue weighted by atomic mass is 9.46. The molecule has 8 nitrogen and oxygen atoms in total. The molecule has 0 radical (unpaired) electrons. The van der Waals surface area contributed by atoms with Crippen LogP contribution in [0.1, 0.15) is 45.0 Å². The third-order valence-electron chi connectivity index (χ3n) is 18.5. The van der Waals surface area contributed by atoms with E-state index >= 15 is 0 Å². The molecule has 0 amide bonds. The van der Waals surface area contributed by atoms with Crippen LogP contribution in [0.5, 0.6) is 0 Å². The number of fused-ring (bicyclic) bond motifs is 12. The Bertz CT molecular complexity index is 4730. The second-order valence-electron chi connectivity index (χ2n) is 22.4. The molecule has 11 aromatic carbocycles. The highest BCUT2D eigenvalue weighted by molar-refractivity contribution is 6.12. The molecule has 0 saturated carbocycles. The number of rotatable bonds is 6. The molecule has 6 heterocycles. The number of hydrogen-bond acceptors (Lipinski definition) is 4. The van der Waals surface area contributed by atoms with E-state index in [0.29, 0.717) is 11.6 Å². The Morgan fingerprint density at radius 2 is 0.345 bits per heavy atom. The van der Waals surface area contributed by atoms with Crippen LogP contribution in [-0.4, -0.2) is 38.2 Å². The zero-order valence-corrected chi connectivity index (χ0v) is 45.1. The molecule has 17 aromatic rings. The normalized spacial score (nSPS) is 16.2. The van der Waals surface area contributed by atoms with Crippen molar-refractivity contribution in [2.45, 2.75) is 10.8 Å². The van der Waals surface area contributed by atoms with Gasteiger partial charge in [0.05, 0.1) is 44.1 Å². The Balaban J connectivity index is 0.958. The van der Waals surface area contributed by atoms with Gasteiger partial charge in [0, 0.05) is 55.2 Å². The number of nitrogens with zero attached hydrogens (tertiary/aromatic N) is 8. The van der Waals surface area contributed by atoms with Gasteiger partial charge in [-0.3, -0.25) is 18.3 Å². The Labute approximate surface area is 481 Å². The zero-order chi connectivity index (χ0) is 54.8. The lowest BCUT2D eigenvalue weighted by Crippen LogP contribution is -2.53. The molecule has 84 heavy (non-hydrogen) atoms. The fraction of sp³-hybridized carbons (Fsp3) is 0.0263. The molecule has 3 aliphatic rings. The standard InChI is InChI=1S/C76H46N8/c1-15-37-61-47(23-1)48-24-2-16-38-62(48)81(61)69-45-70(82-63-39-17-3-25-49(63)50-26-4-18-40-64(50)82)78-73(77-69)75-55-31-9-12-34-58(55)76(59-35-13-10-32-56(59)75,60-36-14-11-33-57(60)75)74-79-71(83-65-41-19-5-27-51(65)52-28-6-20-42-66(52)83)46-72(80-74)84-67-43-21-7-29-53(67)54-30-8-22-44-68(54)84/h1-46H. The highest BCUT2D eigenvalue weighted by atomic mass is 15.2. The van der Waals surface area contributed by atoms with Gasteiger partial charge in [0.1, 0.15) is 34.1 Å². The third kappa shape index (κ3) is 5.71. The zero-order valence-electron chi connectivity index (χ0n) is 45.1. The molecule has 0 aliphatic heterocycles. The van der Waals surface area contributed by atoms with E-state index in [1.54, 1.807) is 0 Å². The molecule has 0 atom stereocenters. The fourth-order valence-electron chi connectivity index (χ4n) is 15.3. The maximum atomic E-state index is 6.04. The van der Waals surface area contributed by atoms with Crippen molar-refractivity contribution >= 4 is 87.2 Å². The van der Waals surface area contributed by atoms with E-state index in [9.17, 15) is 0 Å². The van der Waals surface area contributed by atoms with Crippen molar-refractivity contribution in [2.75, 3.05) is 0 Å². The highest BCUT2D eigenvalue weighted by Crippen LogP contribution is 2.65. The molecule has 0 unspecified atom stereocenters. The van der Waals surface area contributed by atoms with Crippen molar-refractivity contribution in [3.05, 3.63) is 324 Å². The first-order valence-corrected chi connectivity index (χ1v) is 28.7. The maximum Gasteiger partial charge on any atom is 0.152 e. The predicted molar refractivity (Wildman–Crippen MR) is 339 cm³/mol. The number of para-hydroxylation sites is 8. The summed E-state index contributed by atoms with van der Waals surface area (Å²) in [5.41, 5.74) is 13.0. The highest BCUT2D eigenvalue weighted by Gasteiger charge is 2.63. The molecular weight excluding hydrogens is 1020 g/mol. The first kappa shape index (κ1) is 45.5. The van der Waals surface area contributed by atoms with Crippen molar-refractivity contribution in [1.82, 2.24) is 38.2 Å². The fourth-order valence-corrected chi connectivity index (χ4v) is 15.3. The summed E-state index contributed by atoms with van der Waals surface area (Å²) in [6.45, 7) is 0. The summed E-state index contributed by atoms with van der Waals surface area (Å²) < 4.78 is 9.36. The smallest absolute Gasteiger partial charge is 0.152 e. The molecule has 0 fully saturated rings. The Morgan fingerprint density at radius 3 is 0.524 bits per heavy atom. The van der Waals surface area contributed by atoms with Crippen LogP contribution in [0, 0.1) is 0 Å². The van der Waals surface area contributed by atoms with Gasteiger partial charge >= 0.3 is 0 Å². The summed E-state index contributed by atoms with van der Waals surface area (Å²) in [7, 11) is 0. The predicted octanol–water partition coefficient (Wildman–Crippen LogP) is 17.0. The van der Waals surface area contributed by atoms with Gasteiger partial charge in [0.15, 0.2) is 11.6 Å². The molecular formula is C76H46N8. The molecule has 0 spiro atoms. The van der Waals surface area contributed by atoms with Crippen molar-refractivity contribution < 1.29 is 0 Å². The van der Waals surface area contributed by atoms with Gasteiger partial charge in [-0.05, 0) is 81.9 Å². The van der Waals surface area contributed by atoms with Crippen molar-refractivity contribution in [3.8, 4) is 23.3 Å². The lowest BCUT2D eigenvalue weighted by molar-refractivity contribution is 0.516. The van der Waals surface area contributed by atoms with Crippen molar-refractivity contribution in [1.29, 1.82) is 0 Å². The quantitative estimate of drug-likeness (QED) is 0.166. The first-order chi connectivity index (χ1) is 41.7. The van der Waals surface area contributed by atoms with Crippen LogP contribution in [0.2, 0.25) is 0 Å². The Kier molecular flexibility index (Phi) is 9.04. The SMILES string of the molecule is c1ccc2c(c1)C1(c3nc(-n4c5ccccc5c5ccccc54)cc(-n4c5ccccc5c5ccccc54)n3)c3ccccc3C2(c2nc(-n3c4ccccc4c4ccccc43)cc(-n3c4ccccc4c4ccccc43)n2)c2ccccc21. The van der Waals surface area contributed by atoms with Crippen LogP contribution in [0.4, 0.5) is 0 Å². The van der Waals surface area contributed by atoms with E-state index in [-0.39, 0.29) is 0 Å². The molecule has 8 heteroatoms. The molecule has 6 aromatic heterocycles. The number of hydrogen-bond donors (Lipinski definition) is 0. The molecule has 20 rings (SSSR count). The Morgan fingerprint density at radius 1 is 0.190 bits per heavy atom. The van der Waals surface area contributed by atoms with Gasteiger partial charge in [0.2, 0.25) is 0 Å². The summed E-state index contributed by atoms with van der Waals surface area (Å²) in [5, 5.41) is 9.29. The summed E-state index contributed by atoms with van der Waals surface area (Å²) in [5.74, 6) is 4.44. The van der Waals surface area contributed by atoms with E-state index in [1.165, 1.54) is 0 Å². The van der Waals surface area contributed by atoms with Crippen LogP contribution in [-0.2, 0) is 10.8 Å². The summed E-state index contributed by atoms with van der Waals surface area (Å²) in [6, 6.07) is 101. The van der Waals surface area contributed by atoms with Crippen LogP contribution < -0.4 is 0 Å². The van der Waals surface area contributed by atoms with Gasteiger partial charge in [-0.15, -0.1) is 0 Å². The molecule has 0 N–H and O–H groups in total. The van der Waals surface area contributed by atoms with Crippen molar-refractivity contribution in [2.24, 2.45) is 0 Å². The Hall–Kier alpha value is -11.2. The monoisotopic (exact) mass is 1070 g/mol. The second-order valence-corrected chi connectivity index (χ2v) is 22.4. The topological polar surface area (TPSA) is 71.3 Å². The first-order valence-electron chi connectivity index (χ1n) is 28.7. The van der Waals surface area contributed by atoms with Crippen LogP contribution in [0.25, 0.3) is 110 Å². The van der Waals surface area contributed by atoms with Gasteiger partial charge in [-0.25, -0.2) is 19.9 Å².